The zero-order valence-electron chi connectivity index (χ0n) is 16.0. The van der Waals surface area contributed by atoms with Gasteiger partial charge in [0.05, 0.1) is 22.9 Å². The van der Waals surface area contributed by atoms with Crippen molar-refractivity contribution >= 4 is 28.0 Å². The fourth-order valence-corrected chi connectivity index (χ4v) is 5.14. The van der Waals surface area contributed by atoms with Crippen molar-refractivity contribution in [2.75, 3.05) is 46.9 Å². The first kappa shape index (κ1) is 22.2. The number of carbonyl (C=O) groups is 1. The van der Waals surface area contributed by atoms with Crippen LogP contribution in [0.5, 0.6) is 0 Å². The van der Waals surface area contributed by atoms with E-state index in [9.17, 15) is 8.42 Å². The van der Waals surface area contributed by atoms with E-state index in [1.807, 2.05) is 6.92 Å². The van der Waals surface area contributed by atoms with Crippen molar-refractivity contribution in [3.05, 3.63) is 16.1 Å². The fourth-order valence-electron chi connectivity index (χ4n) is 3.43. The Hall–Kier alpha value is -1.11. The summed E-state index contributed by atoms with van der Waals surface area (Å²) in [7, 11) is -0.170. The molecular formula is C16H28N4O5S2. The Balaban J connectivity index is 0.000000817. The first-order valence-corrected chi connectivity index (χ1v) is 11.0. The van der Waals surface area contributed by atoms with E-state index in [4.69, 9.17) is 14.6 Å². The maximum atomic E-state index is 12.3. The molecule has 0 aromatic carbocycles. The van der Waals surface area contributed by atoms with Crippen LogP contribution in [0.3, 0.4) is 0 Å². The minimum Gasteiger partial charge on any atom is -0.483 e. The number of hydrogen-bond donors (Lipinski definition) is 1. The van der Waals surface area contributed by atoms with Gasteiger partial charge >= 0.3 is 0 Å². The molecule has 2 aliphatic rings. The van der Waals surface area contributed by atoms with Crippen LogP contribution in [0.25, 0.3) is 0 Å². The highest BCUT2D eigenvalue weighted by Crippen LogP contribution is 2.32. The van der Waals surface area contributed by atoms with Crippen LogP contribution in [0.4, 0.5) is 0 Å². The maximum Gasteiger partial charge on any atom is 0.290 e. The summed E-state index contributed by atoms with van der Waals surface area (Å²) < 4.78 is 33.5. The lowest BCUT2D eigenvalue weighted by Gasteiger charge is -2.47. The highest BCUT2D eigenvalue weighted by atomic mass is 32.2. The number of ether oxygens (including phenoxy) is 1. The Kier molecular flexibility index (Phi) is 7.72. The molecule has 0 bridgehead atoms. The van der Waals surface area contributed by atoms with Gasteiger partial charge in [0.15, 0.2) is 0 Å². The van der Waals surface area contributed by atoms with Gasteiger partial charge < -0.3 is 9.84 Å². The van der Waals surface area contributed by atoms with E-state index >= 15 is 0 Å². The summed E-state index contributed by atoms with van der Waals surface area (Å²) in [6.07, 6.45) is 1.49. The van der Waals surface area contributed by atoms with Gasteiger partial charge in [0.1, 0.15) is 0 Å². The molecule has 2 aliphatic heterocycles. The number of thiazole rings is 1. The quantitative estimate of drug-likeness (QED) is 0.713. The number of piperidine rings is 1. The van der Waals surface area contributed by atoms with E-state index in [0.717, 1.165) is 43.2 Å². The Labute approximate surface area is 164 Å². The zero-order chi connectivity index (χ0) is 20.1. The van der Waals surface area contributed by atoms with Crippen LogP contribution in [0.2, 0.25) is 0 Å². The number of nitrogens with zero attached hydrogens (tertiary/aromatic N) is 4. The molecule has 3 heterocycles. The van der Waals surface area contributed by atoms with Crippen LogP contribution < -0.4 is 0 Å². The average Bonchev–Trinajstić information content (AvgIpc) is 3.01. The third-order valence-electron chi connectivity index (χ3n) is 4.80. The predicted molar refractivity (Wildman–Crippen MR) is 103 cm³/mol. The summed E-state index contributed by atoms with van der Waals surface area (Å²) in [4.78, 5) is 15.3. The van der Waals surface area contributed by atoms with Crippen molar-refractivity contribution < 1.29 is 23.1 Å². The summed E-state index contributed by atoms with van der Waals surface area (Å²) in [5, 5.41) is 10.1. The zero-order valence-corrected chi connectivity index (χ0v) is 17.6. The Bertz CT molecular complexity index is 714. The predicted octanol–water partition coefficient (Wildman–Crippen LogP) is 0.626. The lowest BCUT2D eigenvalue weighted by Crippen LogP contribution is -2.58. The molecule has 1 aromatic heterocycles. The van der Waals surface area contributed by atoms with E-state index in [2.05, 4.69) is 15.3 Å². The molecule has 11 heteroatoms. The van der Waals surface area contributed by atoms with Gasteiger partial charge in [0, 0.05) is 52.2 Å². The molecule has 1 aromatic rings. The standard InChI is InChI=1S/C15H26N4O3S2.CH2O2/c1-13-16-14(11-23-13)10-18-8-9-22-15(12-18)4-6-19(7-5-15)24(20,21)17(2)3;2-1-3/h11H,4-10,12H2,1-3H3;1H,(H,2,3). The first-order chi connectivity index (χ1) is 12.7. The van der Waals surface area contributed by atoms with Crippen LogP contribution in [-0.2, 0) is 26.3 Å². The van der Waals surface area contributed by atoms with Crippen LogP contribution in [0.1, 0.15) is 23.5 Å². The first-order valence-electron chi connectivity index (χ1n) is 8.75. The average molecular weight is 421 g/mol. The number of aromatic nitrogens is 1. The molecule has 0 saturated carbocycles. The molecule has 27 heavy (non-hydrogen) atoms. The number of morpholine rings is 1. The SMILES string of the molecule is Cc1nc(CN2CCOC3(CCN(S(=O)(=O)N(C)C)CC3)C2)cs1.O=CO. The highest BCUT2D eigenvalue weighted by Gasteiger charge is 2.42. The van der Waals surface area contributed by atoms with Crippen molar-refractivity contribution in [2.24, 2.45) is 0 Å². The maximum absolute atomic E-state index is 12.3. The third kappa shape index (κ3) is 5.69. The summed E-state index contributed by atoms with van der Waals surface area (Å²) in [5.74, 6) is 0. The number of hydrogen-bond acceptors (Lipinski definition) is 7. The molecule has 0 aliphatic carbocycles. The number of aryl methyl sites for hydroxylation is 1. The van der Waals surface area contributed by atoms with E-state index in [1.54, 1.807) is 29.7 Å². The monoisotopic (exact) mass is 420 g/mol. The molecule has 0 amide bonds. The second kappa shape index (κ2) is 9.39. The van der Waals surface area contributed by atoms with E-state index in [1.165, 1.54) is 4.31 Å². The Morgan fingerprint density at radius 1 is 1.37 bits per heavy atom. The summed E-state index contributed by atoms with van der Waals surface area (Å²) in [5.41, 5.74) is 0.893. The van der Waals surface area contributed by atoms with Crippen LogP contribution in [0, 0.1) is 6.92 Å². The minimum absolute atomic E-state index is 0.221. The fraction of sp³-hybridized carbons (Fsp3) is 0.750. The van der Waals surface area contributed by atoms with Gasteiger partial charge in [-0.15, -0.1) is 11.3 Å². The van der Waals surface area contributed by atoms with Crippen LogP contribution in [0.15, 0.2) is 5.38 Å². The molecule has 9 nitrogen and oxygen atoms in total. The lowest BCUT2D eigenvalue weighted by atomic mass is 9.90. The molecule has 2 saturated heterocycles. The molecular weight excluding hydrogens is 392 g/mol. The molecule has 3 rings (SSSR count). The molecule has 0 unspecified atom stereocenters. The Morgan fingerprint density at radius 2 is 2.00 bits per heavy atom. The normalized spacial score (nSPS) is 21.0. The van der Waals surface area contributed by atoms with E-state index < -0.39 is 10.2 Å². The van der Waals surface area contributed by atoms with Gasteiger partial charge in [0.2, 0.25) is 0 Å². The van der Waals surface area contributed by atoms with Gasteiger partial charge in [-0.1, -0.05) is 0 Å². The number of carboxylic acid groups (broad SMARTS) is 1. The molecule has 2 fully saturated rings. The largest absolute Gasteiger partial charge is 0.483 e. The molecule has 154 valence electrons. The van der Waals surface area contributed by atoms with Gasteiger partial charge in [-0.2, -0.15) is 17.0 Å². The summed E-state index contributed by atoms with van der Waals surface area (Å²) in [6, 6.07) is 0. The molecule has 1 spiro atoms. The minimum atomic E-state index is -3.33. The second-order valence-corrected chi connectivity index (χ2v) is 10.1. The lowest BCUT2D eigenvalue weighted by molar-refractivity contribution is -0.132. The summed E-state index contributed by atoms with van der Waals surface area (Å²) >= 11 is 1.68. The van der Waals surface area contributed by atoms with E-state index in [0.29, 0.717) is 19.7 Å². The Morgan fingerprint density at radius 3 is 2.52 bits per heavy atom. The van der Waals surface area contributed by atoms with Crippen molar-refractivity contribution in [3.8, 4) is 0 Å². The number of rotatable bonds is 4. The molecule has 0 radical (unpaired) electrons. The van der Waals surface area contributed by atoms with Gasteiger partial charge in [-0.05, 0) is 19.8 Å². The topological polar surface area (TPSA) is 103 Å². The van der Waals surface area contributed by atoms with Crippen molar-refractivity contribution in [1.82, 2.24) is 18.5 Å². The highest BCUT2D eigenvalue weighted by molar-refractivity contribution is 7.86. The van der Waals surface area contributed by atoms with Crippen molar-refractivity contribution in [3.63, 3.8) is 0 Å². The smallest absolute Gasteiger partial charge is 0.290 e. The molecule has 0 atom stereocenters. The van der Waals surface area contributed by atoms with Gasteiger partial charge in [-0.3, -0.25) is 9.69 Å². The second-order valence-electron chi connectivity index (χ2n) is 6.89. The molecule has 1 N–H and O–H groups in total. The van der Waals surface area contributed by atoms with Gasteiger partial charge in [-0.25, -0.2) is 4.98 Å². The van der Waals surface area contributed by atoms with Gasteiger partial charge in [0.25, 0.3) is 16.7 Å². The van der Waals surface area contributed by atoms with Crippen molar-refractivity contribution in [2.45, 2.75) is 31.9 Å². The van der Waals surface area contributed by atoms with Crippen molar-refractivity contribution in [1.29, 1.82) is 0 Å². The third-order valence-corrected chi connectivity index (χ3v) is 7.56. The van der Waals surface area contributed by atoms with Crippen LogP contribution in [-0.4, -0.2) is 91.0 Å². The van der Waals surface area contributed by atoms with Crippen LogP contribution >= 0.6 is 11.3 Å². The summed E-state index contributed by atoms with van der Waals surface area (Å²) in [6.45, 7) is 6.10. The van der Waals surface area contributed by atoms with E-state index in [-0.39, 0.29) is 12.1 Å².